The summed E-state index contributed by atoms with van der Waals surface area (Å²) in [4.78, 5) is 87.3. The molecule has 3 aromatic heterocycles. The molecule has 3 heterocycles. The molecule has 9 aromatic carbocycles. The first-order valence-corrected chi connectivity index (χ1v) is 25.6. The number of aromatic nitrogens is 3. The first-order chi connectivity index (χ1) is 36.7. The Morgan fingerprint density at radius 3 is 1.29 bits per heavy atom. The van der Waals surface area contributed by atoms with E-state index in [0.717, 1.165) is 72.2 Å². The molecule has 12 aromatic rings. The van der Waals surface area contributed by atoms with Crippen LogP contribution >= 0.6 is 23.2 Å². The molecule has 0 amide bonds. The van der Waals surface area contributed by atoms with Gasteiger partial charge in [0.25, 0.3) is 0 Å². The van der Waals surface area contributed by atoms with Crippen LogP contribution in [0.3, 0.4) is 0 Å². The van der Waals surface area contributed by atoms with Crippen molar-refractivity contribution in [3.8, 4) is 0 Å². The molecule has 0 fully saturated rings. The second-order valence-corrected chi connectivity index (χ2v) is 20.8. The number of benzene rings is 9. The highest BCUT2D eigenvalue weighted by Gasteiger charge is 2.28. The fourth-order valence-corrected chi connectivity index (χ4v) is 11.6. The fraction of sp³-hybridized carbons (Fsp3) is 0.0769. The van der Waals surface area contributed by atoms with E-state index in [2.05, 4.69) is 15.0 Å². The Kier molecular flexibility index (Phi) is 11.0. The van der Waals surface area contributed by atoms with Gasteiger partial charge in [-0.15, -0.1) is 0 Å². The fourth-order valence-electron chi connectivity index (χ4n) is 11.2. The second-order valence-electron chi connectivity index (χ2n) is 19.9. The molecule has 0 unspecified atom stereocenters. The topological polar surface area (TPSA) is 150 Å². The zero-order valence-corrected chi connectivity index (χ0v) is 42.3. The van der Waals surface area contributed by atoms with Gasteiger partial charge in [0, 0.05) is 92.3 Å². The van der Waals surface area contributed by atoms with Crippen molar-refractivity contribution in [2.45, 2.75) is 33.1 Å². The molecule has 0 saturated heterocycles. The molecule has 15 rings (SSSR count). The zero-order chi connectivity index (χ0) is 52.3. The molecular formula is C65H41Cl2N3O6. The van der Waals surface area contributed by atoms with Crippen molar-refractivity contribution >= 4 is 106 Å². The maximum Gasteiger partial charge on any atom is 0.197 e. The van der Waals surface area contributed by atoms with Crippen LogP contribution in [0.15, 0.2) is 172 Å². The second kappa shape index (κ2) is 17.8. The van der Waals surface area contributed by atoms with Crippen LogP contribution in [0.2, 0.25) is 10.0 Å². The molecule has 76 heavy (non-hydrogen) atoms. The number of rotatable bonds is 0. The van der Waals surface area contributed by atoms with Gasteiger partial charge in [-0.25, -0.2) is 0 Å². The van der Waals surface area contributed by atoms with Gasteiger partial charge < -0.3 is 15.0 Å². The van der Waals surface area contributed by atoms with Gasteiger partial charge >= 0.3 is 0 Å². The number of ketones is 3. The number of carbonyl (C=O) groups excluding carboxylic acids is 3. The Hall–Kier alpha value is -9.02. The smallest absolute Gasteiger partial charge is 0.197 e. The summed E-state index contributed by atoms with van der Waals surface area (Å²) in [5, 5.41) is 4.80. The number of halogens is 2. The van der Waals surface area contributed by atoms with Gasteiger partial charge in [-0.3, -0.25) is 28.8 Å². The SMILES string of the molecule is Cc1ccc2c(c1)C(=O)c1cc3[nH]c4ccc(C)cc4c(=O)c3cc1C2.O=C1c2cc(Cl)ccc2Cc2cc3c(=O)c4cc(Cl)ccc4[nH]c3cc21.O=C1c2ccccc2Cc2cc3c(=O)c4ccccc4[nH]c3cc21. The molecule has 0 spiro atoms. The van der Waals surface area contributed by atoms with E-state index in [0.29, 0.717) is 100 Å². The molecule has 3 aliphatic rings. The van der Waals surface area contributed by atoms with Crippen LogP contribution in [0.4, 0.5) is 0 Å². The standard InChI is InChI=1S/C23H17NO2.C21H11Cl2NO2.C21H13NO2/c1-12-3-5-14-9-15-10-19-21(11-17(15)22(25)16(14)7-12)24-20-6-4-13(2)8-18(20)23(19)26;22-12-2-1-10-5-11-6-16-19(9-15(11)20(25)14(10)7-12)24-18-4-3-13(23)8-17(18)21(16)26;23-20-14-6-2-1-5-12(14)9-13-10-17-19(11-16(13)20)22-18-8-4-3-7-15(18)21(17)24/h3-8,10-11H,9H2,1-2H3,(H,24,26);1-4,6-9H,5H2,(H,24,26);1-8,10-11H,9H2,(H,22,24). The van der Waals surface area contributed by atoms with Gasteiger partial charge in [-0.05, 0) is 164 Å². The van der Waals surface area contributed by atoms with E-state index in [1.807, 2.05) is 135 Å². The highest BCUT2D eigenvalue weighted by Crippen LogP contribution is 2.34. The summed E-state index contributed by atoms with van der Waals surface area (Å²) in [5.41, 5.74) is 16.2. The molecule has 0 bridgehead atoms. The summed E-state index contributed by atoms with van der Waals surface area (Å²) in [6, 6.07) is 48.5. The number of aromatic amines is 3. The number of hydrogen-bond donors (Lipinski definition) is 3. The number of H-pyrrole nitrogens is 3. The summed E-state index contributed by atoms with van der Waals surface area (Å²) in [6.45, 7) is 3.97. The van der Waals surface area contributed by atoms with Crippen LogP contribution in [0.1, 0.15) is 92.3 Å². The summed E-state index contributed by atoms with van der Waals surface area (Å²) < 4.78 is 0. The van der Waals surface area contributed by atoms with Crippen LogP contribution in [-0.2, 0) is 19.3 Å². The van der Waals surface area contributed by atoms with Crippen molar-refractivity contribution < 1.29 is 14.4 Å². The van der Waals surface area contributed by atoms with E-state index in [1.54, 1.807) is 36.4 Å². The lowest BCUT2D eigenvalue weighted by Crippen LogP contribution is -2.16. The van der Waals surface area contributed by atoms with Crippen molar-refractivity contribution in [3.63, 3.8) is 0 Å². The minimum atomic E-state index is -0.0894. The lowest BCUT2D eigenvalue weighted by molar-refractivity contribution is 0.102. The predicted octanol–water partition coefficient (Wildman–Crippen LogP) is 13.4. The Balaban J connectivity index is 0.000000109. The number of pyridine rings is 3. The Labute approximate surface area is 442 Å². The summed E-state index contributed by atoms with van der Waals surface area (Å²) in [7, 11) is 0. The minimum Gasteiger partial charge on any atom is -0.354 e. The van der Waals surface area contributed by atoms with Gasteiger partial charge in [-0.2, -0.15) is 0 Å². The van der Waals surface area contributed by atoms with Crippen LogP contribution in [0.25, 0.3) is 65.4 Å². The van der Waals surface area contributed by atoms with Crippen molar-refractivity contribution in [2.24, 2.45) is 0 Å². The van der Waals surface area contributed by atoms with E-state index in [4.69, 9.17) is 23.2 Å². The van der Waals surface area contributed by atoms with Gasteiger partial charge in [0.15, 0.2) is 33.6 Å². The third-order valence-corrected chi connectivity index (χ3v) is 15.5. The van der Waals surface area contributed by atoms with Crippen molar-refractivity contribution in [1.82, 2.24) is 15.0 Å². The molecule has 0 aliphatic heterocycles. The maximum absolute atomic E-state index is 13.0. The number of para-hydroxylation sites is 1. The van der Waals surface area contributed by atoms with E-state index < -0.39 is 0 Å². The van der Waals surface area contributed by atoms with E-state index in [-0.39, 0.29) is 33.6 Å². The Morgan fingerprint density at radius 1 is 0.303 bits per heavy atom. The predicted molar refractivity (Wildman–Crippen MR) is 304 cm³/mol. The van der Waals surface area contributed by atoms with Gasteiger partial charge in [-0.1, -0.05) is 95.0 Å². The lowest BCUT2D eigenvalue weighted by Gasteiger charge is -2.19. The number of nitrogens with one attached hydrogen (secondary N) is 3. The molecule has 0 atom stereocenters. The number of fused-ring (bicyclic) bond motifs is 12. The van der Waals surface area contributed by atoms with E-state index in [1.165, 1.54) is 0 Å². The highest BCUT2D eigenvalue weighted by molar-refractivity contribution is 6.32. The molecule has 3 aliphatic carbocycles. The first kappa shape index (κ1) is 46.7. The largest absolute Gasteiger partial charge is 0.354 e. The van der Waals surface area contributed by atoms with Crippen LogP contribution in [0, 0.1) is 13.8 Å². The Bertz CT molecular complexity index is 4610. The van der Waals surface area contributed by atoms with Crippen molar-refractivity contribution in [2.75, 3.05) is 0 Å². The highest BCUT2D eigenvalue weighted by atomic mass is 35.5. The summed E-state index contributed by atoms with van der Waals surface area (Å²) in [6.07, 6.45) is 1.95. The van der Waals surface area contributed by atoms with Gasteiger partial charge in [0.05, 0.1) is 16.6 Å². The van der Waals surface area contributed by atoms with Crippen LogP contribution in [0.5, 0.6) is 0 Å². The van der Waals surface area contributed by atoms with E-state index in [9.17, 15) is 28.8 Å². The van der Waals surface area contributed by atoms with Crippen molar-refractivity contribution in [1.29, 1.82) is 0 Å². The molecular weight excluding hydrogens is 990 g/mol. The maximum atomic E-state index is 13.0. The van der Waals surface area contributed by atoms with Gasteiger partial charge in [0.2, 0.25) is 0 Å². The average Bonchev–Trinajstić information content (AvgIpc) is 3.43. The molecule has 366 valence electrons. The molecule has 9 nitrogen and oxygen atoms in total. The number of carbonyl (C=O) groups is 3. The minimum absolute atomic E-state index is 0.00783. The number of aryl methyl sites for hydroxylation is 2. The molecule has 11 heteroatoms. The third kappa shape index (κ3) is 7.77. The first-order valence-electron chi connectivity index (χ1n) is 24.8. The quantitative estimate of drug-likeness (QED) is 0.129. The average molecular weight is 1030 g/mol. The summed E-state index contributed by atoms with van der Waals surface area (Å²) in [5.74, 6) is 0.00200. The molecule has 3 N–H and O–H groups in total. The summed E-state index contributed by atoms with van der Waals surface area (Å²) >= 11 is 12.1. The van der Waals surface area contributed by atoms with E-state index >= 15 is 0 Å². The molecule has 0 radical (unpaired) electrons. The van der Waals surface area contributed by atoms with Crippen LogP contribution in [-0.4, -0.2) is 32.3 Å². The van der Waals surface area contributed by atoms with Crippen molar-refractivity contribution in [3.05, 3.63) is 276 Å². The van der Waals surface area contributed by atoms with Gasteiger partial charge in [0.1, 0.15) is 0 Å². The normalized spacial score (nSPS) is 13.1. The molecule has 0 saturated carbocycles. The zero-order valence-electron chi connectivity index (χ0n) is 40.8. The van der Waals surface area contributed by atoms with Crippen LogP contribution < -0.4 is 16.3 Å². The third-order valence-electron chi connectivity index (χ3n) is 15.1. The Morgan fingerprint density at radius 2 is 0.684 bits per heavy atom. The monoisotopic (exact) mass is 1030 g/mol. The lowest BCUT2D eigenvalue weighted by atomic mass is 9.83. The number of hydrogen-bond acceptors (Lipinski definition) is 6.